The van der Waals surface area contributed by atoms with E-state index in [1.54, 1.807) is 0 Å². The predicted octanol–water partition coefficient (Wildman–Crippen LogP) is 8.42. The van der Waals surface area contributed by atoms with Crippen molar-refractivity contribution in [3.8, 4) is 11.1 Å². The number of fused-ring (bicyclic) bond motifs is 3. The summed E-state index contributed by atoms with van der Waals surface area (Å²) in [5, 5.41) is 16.5. The molecule has 172 valence electrons. The van der Waals surface area contributed by atoms with Crippen LogP contribution in [0.5, 0.6) is 0 Å². The van der Waals surface area contributed by atoms with E-state index in [1.165, 1.54) is 19.3 Å². The molecule has 5 heteroatoms. The van der Waals surface area contributed by atoms with Gasteiger partial charge in [-0.25, -0.2) is 0 Å². The van der Waals surface area contributed by atoms with Crippen molar-refractivity contribution in [2.75, 3.05) is 13.1 Å². The van der Waals surface area contributed by atoms with E-state index in [-0.39, 0.29) is 0 Å². The first-order valence-electron chi connectivity index (χ1n) is 11.5. The van der Waals surface area contributed by atoms with Crippen LogP contribution in [0.4, 0.5) is 0 Å². The number of aliphatic hydroxyl groups excluding tert-OH is 1. The summed E-state index contributed by atoms with van der Waals surface area (Å²) in [7, 11) is 0. The summed E-state index contributed by atoms with van der Waals surface area (Å²) in [6.45, 7) is 3.59. The Balaban J connectivity index is 1.71. The molecular formula is C28H28Cl3NO. The second kappa shape index (κ2) is 11.1. The van der Waals surface area contributed by atoms with E-state index in [4.69, 9.17) is 34.8 Å². The second-order valence-electron chi connectivity index (χ2n) is 8.50. The SMILES string of the molecule is CCCCCCNCC(O)c1cc(Cl)cc2c1-c1ccc(Cl)cc1/C2=C/c1ccc(Cl)cc1. The Morgan fingerprint density at radius 1 is 0.818 bits per heavy atom. The smallest absolute Gasteiger partial charge is 0.0921 e. The number of rotatable bonds is 9. The average Bonchev–Trinajstić information content (AvgIpc) is 3.09. The van der Waals surface area contributed by atoms with Gasteiger partial charge >= 0.3 is 0 Å². The first-order valence-corrected chi connectivity index (χ1v) is 12.6. The molecule has 0 amide bonds. The number of halogens is 3. The van der Waals surface area contributed by atoms with Gasteiger partial charge in [0.1, 0.15) is 0 Å². The Hall–Kier alpha value is -1.81. The van der Waals surface area contributed by atoms with E-state index in [0.29, 0.717) is 21.6 Å². The highest BCUT2D eigenvalue weighted by atomic mass is 35.5. The van der Waals surface area contributed by atoms with Crippen LogP contribution >= 0.6 is 34.8 Å². The van der Waals surface area contributed by atoms with Gasteiger partial charge in [-0.3, -0.25) is 0 Å². The van der Waals surface area contributed by atoms with E-state index >= 15 is 0 Å². The van der Waals surface area contributed by atoms with Crippen LogP contribution in [0.2, 0.25) is 15.1 Å². The van der Waals surface area contributed by atoms with Crippen molar-refractivity contribution in [3.63, 3.8) is 0 Å². The maximum Gasteiger partial charge on any atom is 0.0921 e. The van der Waals surface area contributed by atoms with E-state index in [1.807, 2.05) is 54.6 Å². The van der Waals surface area contributed by atoms with Crippen LogP contribution in [0.25, 0.3) is 22.8 Å². The molecule has 0 spiro atoms. The van der Waals surface area contributed by atoms with Gasteiger partial charge in [0.25, 0.3) is 0 Å². The summed E-state index contributed by atoms with van der Waals surface area (Å²) < 4.78 is 0. The van der Waals surface area contributed by atoms with Crippen LogP contribution in [0.3, 0.4) is 0 Å². The number of benzene rings is 3. The molecule has 2 N–H and O–H groups in total. The summed E-state index contributed by atoms with van der Waals surface area (Å²) in [4.78, 5) is 0. The number of aliphatic hydroxyl groups is 1. The van der Waals surface area contributed by atoms with Crippen molar-refractivity contribution in [1.29, 1.82) is 0 Å². The third-order valence-electron chi connectivity index (χ3n) is 6.05. The molecule has 1 aliphatic carbocycles. The predicted molar refractivity (Wildman–Crippen MR) is 142 cm³/mol. The van der Waals surface area contributed by atoms with Gasteiger partial charge in [-0.1, -0.05) is 79.2 Å². The van der Waals surface area contributed by atoms with Crippen LogP contribution in [0.1, 0.15) is 61.0 Å². The highest BCUT2D eigenvalue weighted by Crippen LogP contribution is 2.49. The lowest BCUT2D eigenvalue weighted by molar-refractivity contribution is 0.175. The van der Waals surface area contributed by atoms with Crippen molar-refractivity contribution in [2.24, 2.45) is 0 Å². The summed E-state index contributed by atoms with van der Waals surface area (Å²) in [5.41, 5.74) is 7.02. The standard InChI is InChI=1S/C28H28Cl3NO/c1-2-3-4-5-12-32-17-27(33)26-16-21(31)15-25-23(13-18-6-8-19(29)9-7-18)24-14-20(30)10-11-22(24)28(25)26/h6-11,13-16,27,32-33H,2-5,12,17H2,1H3/b23-13-. The lowest BCUT2D eigenvalue weighted by Crippen LogP contribution is -2.23. The fraction of sp³-hybridized carbons (Fsp3) is 0.286. The minimum absolute atomic E-state index is 0.484. The molecule has 1 atom stereocenters. The molecule has 0 fully saturated rings. The molecule has 0 radical (unpaired) electrons. The molecule has 0 aromatic heterocycles. The van der Waals surface area contributed by atoms with Crippen molar-refractivity contribution in [3.05, 3.63) is 91.9 Å². The molecule has 0 saturated carbocycles. The molecule has 4 rings (SSSR count). The third kappa shape index (κ3) is 5.65. The highest BCUT2D eigenvalue weighted by molar-refractivity contribution is 6.32. The Bertz CT molecular complexity index is 1150. The van der Waals surface area contributed by atoms with Crippen molar-refractivity contribution >= 4 is 46.5 Å². The number of hydrogen-bond acceptors (Lipinski definition) is 2. The van der Waals surface area contributed by atoms with Crippen molar-refractivity contribution in [2.45, 2.75) is 38.7 Å². The van der Waals surface area contributed by atoms with Gasteiger partial charge in [-0.15, -0.1) is 0 Å². The Morgan fingerprint density at radius 3 is 2.30 bits per heavy atom. The molecule has 0 saturated heterocycles. The lowest BCUT2D eigenvalue weighted by atomic mass is 9.95. The van der Waals surface area contributed by atoms with Crippen molar-refractivity contribution < 1.29 is 5.11 Å². The van der Waals surface area contributed by atoms with Gasteiger partial charge in [0, 0.05) is 21.6 Å². The second-order valence-corrected chi connectivity index (χ2v) is 9.81. The Labute approximate surface area is 211 Å². The summed E-state index contributed by atoms with van der Waals surface area (Å²) in [5.74, 6) is 0. The molecule has 2 nitrogen and oxygen atoms in total. The van der Waals surface area contributed by atoms with Crippen LogP contribution < -0.4 is 5.32 Å². The molecule has 1 aliphatic rings. The molecule has 33 heavy (non-hydrogen) atoms. The normalized spacial score (nSPS) is 14.4. The molecule has 0 heterocycles. The molecular weight excluding hydrogens is 473 g/mol. The number of nitrogens with one attached hydrogen (secondary N) is 1. The molecule has 0 aliphatic heterocycles. The molecule has 0 bridgehead atoms. The van der Waals surface area contributed by atoms with Gasteiger partial charge in [-0.2, -0.15) is 0 Å². The summed E-state index contributed by atoms with van der Waals surface area (Å²) in [6.07, 6.45) is 6.24. The Morgan fingerprint density at radius 2 is 1.55 bits per heavy atom. The van der Waals surface area contributed by atoms with E-state index in [9.17, 15) is 5.11 Å². The minimum atomic E-state index is -0.665. The maximum atomic E-state index is 11.1. The van der Waals surface area contributed by atoms with Gasteiger partial charge in [0.05, 0.1) is 6.10 Å². The maximum absolute atomic E-state index is 11.1. The molecule has 3 aromatic carbocycles. The fourth-order valence-corrected chi connectivity index (χ4v) is 4.94. The van der Waals surface area contributed by atoms with E-state index in [0.717, 1.165) is 51.9 Å². The van der Waals surface area contributed by atoms with Crippen LogP contribution in [-0.2, 0) is 0 Å². The number of unbranched alkanes of at least 4 members (excludes halogenated alkanes) is 3. The van der Waals surface area contributed by atoms with Gasteiger partial charge in [0.15, 0.2) is 0 Å². The highest BCUT2D eigenvalue weighted by Gasteiger charge is 2.29. The quantitative estimate of drug-likeness (QED) is 0.226. The topological polar surface area (TPSA) is 32.3 Å². The van der Waals surface area contributed by atoms with Crippen LogP contribution in [0.15, 0.2) is 54.6 Å². The number of hydrogen-bond donors (Lipinski definition) is 2. The zero-order chi connectivity index (χ0) is 23.4. The first-order chi connectivity index (χ1) is 16.0. The van der Waals surface area contributed by atoms with E-state index < -0.39 is 6.10 Å². The first kappa shape index (κ1) is 24.3. The monoisotopic (exact) mass is 499 g/mol. The third-order valence-corrected chi connectivity index (χ3v) is 6.76. The van der Waals surface area contributed by atoms with Gasteiger partial charge in [0.2, 0.25) is 0 Å². The summed E-state index contributed by atoms with van der Waals surface area (Å²) in [6, 6.07) is 17.5. The lowest BCUT2D eigenvalue weighted by Gasteiger charge is -2.17. The summed E-state index contributed by atoms with van der Waals surface area (Å²) >= 11 is 19.0. The van der Waals surface area contributed by atoms with Crippen LogP contribution in [-0.4, -0.2) is 18.2 Å². The van der Waals surface area contributed by atoms with E-state index in [2.05, 4.69) is 18.3 Å². The average molecular weight is 501 g/mol. The van der Waals surface area contributed by atoms with Gasteiger partial charge in [-0.05, 0) is 94.4 Å². The largest absolute Gasteiger partial charge is 0.387 e. The van der Waals surface area contributed by atoms with Gasteiger partial charge < -0.3 is 10.4 Å². The zero-order valence-corrected chi connectivity index (χ0v) is 20.9. The van der Waals surface area contributed by atoms with Crippen molar-refractivity contribution in [1.82, 2.24) is 5.32 Å². The van der Waals surface area contributed by atoms with Crippen LogP contribution in [0, 0.1) is 0 Å². The zero-order valence-electron chi connectivity index (χ0n) is 18.7. The molecule has 3 aromatic rings. The minimum Gasteiger partial charge on any atom is -0.387 e. The molecule has 1 unspecified atom stereocenters. The fourth-order valence-electron chi connectivity index (χ4n) is 4.41. The Kier molecular flexibility index (Phi) is 8.16.